The van der Waals surface area contributed by atoms with Crippen molar-refractivity contribution in [2.24, 2.45) is 0 Å². The first-order chi connectivity index (χ1) is 14.9. The highest BCUT2D eigenvalue weighted by atomic mass is 32.1. The van der Waals surface area contributed by atoms with Crippen LogP contribution in [0, 0.1) is 12.7 Å². The Bertz CT molecular complexity index is 1100. The summed E-state index contributed by atoms with van der Waals surface area (Å²) in [6, 6.07) is 11.1. The number of halogens is 1. The quantitative estimate of drug-likeness (QED) is 0.545. The Morgan fingerprint density at radius 1 is 1.06 bits per heavy atom. The number of benzene rings is 2. The molecule has 0 saturated heterocycles. The third-order valence-electron chi connectivity index (χ3n) is 4.45. The first-order valence-corrected chi connectivity index (χ1v) is 10.3. The van der Waals surface area contributed by atoms with Crippen LogP contribution in [-0.4, -0.2) is 37.6 Å². The number of rotatable bonds is 7. The topological polar surface area (TPSA) is 89.5 Å². The van der Waals surface area contributed by atoms with Gasteiger partial charge in [-0.2, -0.15) is 0 Å². The van der Waals surface area contributed by atoms with Crippen LogP contribution in [0.15, 0.2) is 42.5 Å². The highest BCUT2D eigenvalue weighted by molar-refractivity contribution is 7.15. The molecule has 9 heteroatoms. The van der Waals surface area contributed by atoms with Crippen LogP contribution in [0.25, 0.3) is 10.6 Å². The maximum Gasteiger partial charge on any atom is 0.313 e. The van der Waals surface area contributed by atoms with E-state index >= 15 is 0 Å². The van der Waals surface area contributed by atoms with Crippen molar-refractivity contribution in [1.82, 2.24) is 10.3 Å². The highest BCUT2D eigenvalue weighted by Gasteiger charge is 2.16. The fourth-order valence-corrected chi connectivity index (χ4v) is 3.93. The molecule has 0 bridgehead atoms. The van der Waals surface area contributed by atoms with Crippen LogP contribution in [0.1, 0.15) is 10.6 Å². The molecule has 2 amide bonds. The lowest BCUT2D eigenvalue weighted by Gasteiger charge is -2.10. The lowest BCUT2D eigenvalue weighted by molar-refractivity contribution is -0.136. The number of carbonyl (C=O) groups excluding carboxylic acids is 2. The Balaban J connectivity index is 1.55. The lowest BCUT2D eigenvalue weighted by atomic mass is 10.2. The molecule has 2 N–H and O–H groups in total. The number of aromatic nitrogens is 1. The van der Waals surface area contributed by atoms with Crippen molar-refractivity contribution in [3.05, 3.63) is 58.9 Å². The molecule has 0 atom stereocenters. The molecule has 0 fully saturated rings. The van der Waals surface area contributed by atoms with Crippen molar-refractivity contribution in [3.63, 3.8) is 0 Å². The number of anilines is 1. The van der Waals surface area contributed by atoms with Gasteiger partial charge in [-0.15, -0.1) is 11.3 Å². The number of hydrogen-bond donors (Lipinski definition) is 2. The fourth-order valence-electron chi connectivity index (χ4n) is 2.88. The molecule has 162 valence electrons. The molecule has 1 heterocycles. The zero-order valence-electron chi connectivity index (χ0n) is 17.3. The lowest BCUT2D eigenvalue weighted by Crippen LogP contribution is -2.36. The third kappa shape index (κ3) is 5.58. The number of hydrogen-bond acceptors (Lipinski definition) is 6. The molecular weight excluding hydrogens is 421 g/mol. The van der Waals surface area contributed by atoms with Gasteiger partial charge in [0.25, 0.3) is 0 Å². The summed E-state index contributed by atoms with van der Waals surface area (Å²) in [5.41, 5.74) is 1.93. The van der Waals surface area contributed by atoms with Gasteiger partial charge in [-0.3, -0.25) is 9.59 Å². The number of carbonyl (C=O) groups is 2. The van der Waals surface area contributed by atoms with Crippen LogP contribution in [-0.2, 0) is 16.0 Å². The van der Waals surface area contributed by atoms with E-state index in [1.54, 1.807) is 30.3 Å². The van der Waals surface area contributed by atoms with Crippen LogP contribution in [0.3, 0.4) is 0 Å². The molecule has 0 aliphatic rings. The monoisotopic (exact) mass is 443 g/mol. The zero-order valence-corrected chi connectivity index (χ0v) is 18.1. The predicted molar refractivity (Wildman–Crippen MR) is 117 cm³/mol. The summed E-state index contributed by atoms with van der Waals surface area (Å²) < 4.78 is 23.8. The van der Waals surface area contributed by atoms with Crippen LogP contribution >= 0.6 is 11.3 Å². The smallest absolute Gasteiger partial charge is 0.313 e. The minimum atomic E-state index is -0.784. The van der Waals surface area contributed by atoms with E-state index in [9.17, 15) is 14.0 Å². The van der Waals surface area contributed by atoms with E-state index in [4.69, 9.17) is 9.47 Å². The Kier molecular flexibility index (Phi) is 7.19. The van der Waals surface area contributed by atoms with Crippen molar-refractivity contribution in [2.75, 3.05) is 26.1 Å². The van der Waals surface area contributed by atoms with Crippen molar-refractivity contribution < 1.29 is 23.5 Å². The first-order valence-electron chi connectivity index (χ1n) is 9.44. The maximum absolute atomic E-state index is 13.4. The summed E-state index contributed by atoms with van der Waals surface area (Å²) in [5.74, 6) is -0.895. The van der Waals surface area contributed by atoms with E-state index in [2.05, 4.69) is 15.6 Å². The van der Waals surface area contributed by atoms with Gasteiger partial charge in [0.05, 0.1) is 19.9 Å². The normalized spacial score (nSPS) is 10.5. The van der Waals surface area contributed by atoms with Gasteiger partial charge < -0.3 is 20.1 Å². The van der Waals surface area contributed by atoms with Gasteiger partial charge in [-0.1, -0.05) is 12.1 Å². The number of ether oxygens (including phenoxy) is 2. The molecule has 1 aromatic heterocycles. The summed E-state index contributed by atoms with van der Waals surface area (Å²) in [6.07, 6.45) is 0.508. The molecule has 0 aliphatic heterocycles. The number of nitrogens with zero attached hydrogens (tertiary/aromatic N) is 1. The summed E-state index contributed by atoms with van der Waals surface area (Å²) >= 11 is 1.44. The van der Waals surface area contributed by atoms with Gasteiger partial charge in [-0.25, -0.2) is 9.37 Å². The SMILES string of the molecule is COc1ccc(NC(=O)C(=O)NCCc2sc(-c3cccc(F)c3)nc2C)cc1OC. The Morgan fingerprint density at radius 2 is 1.84 bits per heavy atom. The molecule has 0 radical (unpaired) electrons. The summed E-state index contributed by atoms with van der Waals surface area (Å²) in [7, 11) is 2.99. The molecule has 7 nitrogen and oxygen atoms in total. The van der Waals surface area contributed by atoms with E-state index in [1.165, 1.54) is 37.7 Å². The van der Waals surface area contributed by atoms with Gasteiger partial charge in [0.15, 0.2) is 11.5 Å². The van der Waals surface area contributed by atoms with Gasteiger partial charge in [0, 0.05) is 35.2 Å². The molecule has 0 aliphatic carbocycles. The number of nitrogens with one attached hydrogen (secondary N) is 2. The zero-order chi connectivity index (χ0) is 22.4. The fraction of sp³-hybridized carbons (Fsp3) is 0.227. The highest BCUT2D eigenvalue weighted by Crippen LogP contribution is 2.30. The van der Waals surface area contributed by atoms with Crippen molar-refractivity contribution in [3.8, 4) is 22.1 Å². The summed E-state index contributed by atoms with van der Waals surface area (Å²) in [5, 5.41) is 5.84. The van der Waals surface area contributed by atoms with Crippen LogP contribution in [0.4, 0.5) is 10.1 Å². The average Bonchev–Trinajstić information content (AvgIpc) is 3.14. The minimum absolute atomic E-state index is 0.268. The standard InChI is InChI=1S/C22H22FN3O4S/c1-13-19(31-22(25-13)14-5-4-6-15(23)11-14)9-10-24-20(27)21(28)26-16-7-8-17(29-2)18(12-16)30-3/h4-8,11-12H,9-10H2,1-3H3,(H,24,27)(H,26,28). The summed E-state index contributed by atoms with van der Waals surface area (Å²) in [4.78, 5) is 29.7. The summed E-state index contributed by atoms with van der Waals surface area (Å²) in [6.45, 7) is 2.13. The molecule has 3 aromatic rings. The van der Waals surface area contributed by atoms with E-state index in [0.29, 0.717) is 34.2 Å². The minimum Gasteiger partial charge on any atom is -0.493 e. The molecule has 2 aromatic carbocycles. The number of amides is 2. The van der Waals surface area contributed by atoms with Crippen LogP contribution in [0.2, 0.25) is 0 Å². The van der Waals surface area contributed by atoms with Crippen LogP contribution < -0.4 is 20.1 Å². The van der Waals surface area contributed by atoms with Gasteiger partial charge >= 0.3 is 11.8 Å². The largest absolute Gasteiger partial charge is 0.493 e. The maximum atomic E-state index is 13.4. The van der Waals surface area contributed by atoms with E-state index in [1.807, 2.05) is 6.92 Å². The molecule has 0 unspecified atom stereocenters. The average molecular weight is 444 g/mol. The number of aryl methyl sites for hydroxylation is 1. The van der Waals surface area contributed by atoms with Crippen molar-refractivity contribution in [2.45, 2.75) is 13.3 Å². The Labute approximate surface area is 183 Å². The predicted octanol–water partition coefficient (Wildman–Crippen LogP) is 3.57. The van der Waals surface area contributed by atoms with E-state index in [0.717, 1.165) is 10.6 Å². The molecule has 31 heavy (non-hydrogen) atoms. The van der Waals surface area contributed by atoms with Crippen molar-refractivity contribution in [1.29, 1.82) is 0 Å². The van der Waals surface area contributed by atoms with Gasteiger partial charge in [0.2, 0.25) is 0 Å². The van der Waals surface area contributed by atoms with Crippen molar-refractivity contribution >= 4 is 28.8 Å². The number of methoxy groups -OCH3 is 2. The second-order valence-electron chi connectivity index (χ2n) is 6.57. The van der Waals surface area contributed by atoms with E-state index < -0.39 is 11.8 Å². The molecule has 0 spiro atoms. The van der Waals surface area contributed by atoms with Gasteiger partial charge in [-0.05, 0) is 31.2 Å². The second-order valence-corrected chi connectivity index (χ2v) is 7.65. The number of thiazole rings is 1. The van der Waals surface area contributed by atoms with Crippen LogP contribution in [0.5, 0.6) is 11.5 Å². The molecule has 3 rings (SSSR count). The Morgan fingerprint density at radius 3 is 2.55 bits per heavy atom. The molecular formula is C22H22FN3O4S. The van der Waals surface area contributed by atoms with Gasteiger partial charge in [0.1, 0.15) is 10.8 Å². The third-order valence-corrected chi connectivity index (χ3v) is 5.72. The first kappa shape index (κ1) is 22.2. The Hall–Kier alpha value is -3.46. The second kappa shape index (κ2) is 10.0. The molecule has 0 saturated carbocycles. The van der Waals surface area contributed by atoms with E-state index in [-0.39, 0.29) is 12.4 Å².